The highest BCUT2D eigenvalue weighted by Gasteiger charge is 2.36. The fourth-order valence-corrected chi connectivity index (χ4v) is 3.55. The van der Waals surface area contributed by atoms with Crippen LogP contribution in [0.25, 0.3) is 0 Å². The van der Waals surface area contributed by atoms with Gasteiger partial charge in [-0.25, -0.2) is 0 Å². The summed E-state index contributed by atoms with van der Waals surface area (Å²) >= 11 is 7.44. The molecule has 21 heavy (non-hydrogen) atoms. The van der Waals surface area contributed by atoms with E-state index in [1.807, 2.05) is 31.2 Å². The fourth-order valence-electron chi connectivity index (χ4n) is 2.47. The van der Waals surface area contributed by atoms with Crippen LogP contribution < -0.4 is 0 Å². The topological polar surface area (TPSA) is 57.6 Å². The van der Waals surface area contributed by atoms with Crippen LogP contribution in [0.5, 0.6) is 0 Å². The van der Waals surface area contributed by atoms with E-state index in [-0.39, 0.29) is 11.8 Å². The predicted octanol–water partition coefficient (Wildman–Crippen LogP) is 2.75. The van der Waals surface area contributed by atoms with E-state index < -0.39 is 11.9 Å². The van der Waals surface area contributed by atoms with Crippen LogP contribution in [0.3, 0.4) is 0 Å². The van der Waals surface area contributed by atoms with Gasteiger partial charge in [0.05, 0.1) is 11.7 Å². The number of hydrogen-bond acceptors (Lipinski definition) is 3. The summed E-state index contributed by atoms with van der Waals surface area (Å²) < 4.78 is 0. The smallest absolute Gasteiger partial charge is 0.308 e. The molecule has 1 aromatic rings. The lowest BCUT2D eigenvalue weighted by Gasteiger charge is -2.15. The SMILES string of the molecule is CC1CN(C(=O)CSCc2cccc(Cl)c2)CC1C(=O)O. The summed E-state index contributed by atoms with van der Waals surface area (Å²) in [5.74, 6) is -0.137. The second kappa shape index (κ2) is 7.18. The molecular formula is C15H18ClNO3S. The third kappa shape index (κ3) is 4.38. The van der Waals surface area contributed by atoms with Crippen molar-refractivity contribution in [1.29, 1.82) is 0 Å². The first-order valence-electron chi connectivity index (χ1n) is 6.80. The highest BCUT2D eigenvalue weighted by Crippen LogP contribution is 2.24. The first-order chi connectivity index (χ1) is 9.97. The Morgan fingerprint density at radius 3 is 2.81 bits per heavy atom. The molecule has 114 valence electrons. The molecule has 1 aliphatic rings. The predicted molar refractivity (Wildman–Crippen MR) is 84.5 cm³/mol. The summed E-state index contributed by atoms with van der Waals surface area (Å²) in [5.41, 5.74) is 1.08. The number of nitrogens with zero attached hydrogens (tertiary/aromatic N) is 1. The van der Waals surface area contributed by atoms with Crippen LogP contribution in [0.2, 0.25) is 5.02 Å². The molecule has 0 aliphatic carbocycles. The fraction of sp³-hybridized carbons (Fsp3) is 0.467. The molecular weight excluding hydrogens is 310 g/mol. The molecule has 2 atom stereocenters. The number of carbonyl (C=O) groups excluding carboxylic acids is 1. The number of carboxylic acid groups (broad SMARTS) is 1. The second-order valence-electron chi connectivity index (χ2n) is 5.34. The van der Waals surface area contributed by atoms with Crippen LogP contribution in [0.15, 0.2) is 24.3 Å². The van der Waals surface area contributed by atoms with Gasteiger partial charge in [0, 0.05) is 23.9 Å². The van der Waals surface area contributed by atoms with E-state index in [1.54, 1.807) is 4.90 Å². The number of rotatable bonds is 5. The van der Waals surface area contributed by atoms with Gasteiger partial charge >= 0.3 is 5.97 Å². The van der Waals surface area contributed by atoms with Gasteiger partial charge in [0.2, 0.25) is 5.91 Å². The zero-order valence-corrected chi connectivity index (χ0v) is 13.4. The average Bonchev–Trinajstić information content (AvgIpc) is 2.81. The van der Waals surface area contributed by atoms with Crippen LogP contribution in [-0.4, -0.2) is 40.7 Å². The Hall–Kier alpha value is -1.20. The van der Waals surface area contributed by atoms with Gasteiger partial charge in [-0.15, -0.1) is 11.8 Å². The van der Waals surface area contributed by atoms with Gasteiger partial charge in [-0.3, -0.25) is 9.59 Å². The molecule has 6 heteroatoms. The molecule has 1 saturated heterocycles. The lowest BCUT2D eigenvalue weighted by molar-refractivity contribution is -0.142. The molecule has 0 spiro atoms. The Morgan fingerprint density at radius 1 is 1.43 bits per heavy atom. The molecule has 1 fully saturated rings. The maximum Gasteiger partial charge on any atom is 0.308 e. The van der Waals surface area contributed by atoms with Crippen molar-refractivity contribution in [2.75, 3.05) is 18.8 Å². The summed E-state index contributed by atoms with van der Waals surface area (Å²) in [6.07, 6.45) is 0. The number of amides is 1. The molecule has 2 unspecified atom stereocenters. The van der Waals surface area contributed by atoms with Crippen LogP contribution in [-0.2, 0) is 15.3 Å². The Balaban J connectivity index is 1.79. The second-order valence-corrected chi connectivity index (χ2v) is 6.77. The number of likely N-dealkylation sites (tertiary alicyclic amines) is 1. The molecule has 1 N–H and O–H groups in total. The number of carbonyl (C=O) groups is 2. The summed E-state index contributed by atoms with van der Waals surface area (Å²) in [4.78, 5) is 24.8. The number of benzene rings is 1. The van der Waals surface area contributed by atoms with Crippen molar-refractivity contribution in [2.24, 2.45) is 11.8 Å². The largest absolute Gasteiger partial charge is 0.481 e. The van der Waals surface area contributed by atoms with Crippen molar-refractivity contribution in [3.05, 3.63) is 34.9 Å². The molecule has 0 saturated carbocycles. The van der Waals surface area contributed by atoms with Crippen molar-refractivity contribution >= 4 is 35.2 Å². The lowest BCUT2D eigenvalue weighted by Crippen LogP contribution is -2.31. The minimum absolute atomic E-state index is 0.0117. The third-order valence-electron chi connectivity index (χ3n) is 3.67. The van der Waals surface area contributed by atoms with Crippen molar-refractivity contribution in [3.8, 4) is 0 Å². The van der Waals surface area contributed by atoms with Crippen LogP contribution in [0.1, 0.15) is 12.5 Å². The molecule has 1 aromatic carbocycles. The first kappa shape index (κ1) is 16.2. The van der Waals surface area contributed by atoms with Gasteiger partial charge in [0.15, 0.2) is 0 Å². The van der Waals surface area contributed by atoms with Crippen molar-refractivity contribution in [1.82, 2.24) is 4.90 Å². The third-order valence-corrected chi connectivity index (χ3v) is 4.89. The van der Waals surface area contributed by atoms with Gasteiger partial charge in [-0.1, -0.05) is 30.7 Å². The monoisotopic (exact) mass is 327 g/mol. The van der Waals surface area contributed by atoms with Crippen LogP contribution in [0.4, 0.5) is 0 Å². The Kier molecular flexibility index (Phi) is 5.53. The minimum atomic E-state index is -0.815. The van der Waals surface area contributed by atoms with Gasteiger partial charge < -0.3 is 10.0 Å². The van der Waals surface area contributed by atoms with E-state index in [9.17, 15) is 9.59 Å². The maximum absolute atomic E-state index is 12.1. The Morgan fingerprint density at radius 2 is 2.19 bits per heavy atom. The molecule has 1 heterocycles. The number of aliphatic carboxylic acids is 1. The van der Waals surface area contributed by atoms with Crippen LogP contribution in [0, 0.1) is 11.8 Å². The molecule has 2 rings (SSSR count). The maximum atomic E-state index is 12.1. The molecule has 1 aliphatic heterocycles. The minimum Gasteiger partial charge on any atom is -0.481 e. The lowest BCUT2D eigenvalue weighted by atomic mass is 9.99. The first-order valence-corrected chi connectivity index (χ1v) is 8.33. The number of carboxylic acids is 1. The summed E-state index contributed by atoms with van der Waals surface area (Å²) in [6, 6.07) is 7.57. The number of thioether (sulfide) groups is 1. The zero-order valence-electron chi connectivity index (χ0n) is 11.8. The van der Waals surface area contributed by atoms with Crippen molar-refractivity contribution in [2.45, 2.75) is 12.7 Å². The average molecular weight is 328 g/mol. The molecule has 1 amide bonds. The quantitative estimate of drug-likeness (QED) is 0.903. The standard InChI is InChI=1S/C15H18ClNO3S/c1-10-6-17(7-13(10)15(19)20)14(18)9-21-8-11-3-2-4-12(16)5-11/h2-5,10,13H,6-9H2,1H3,(H,19,20). The number of halogens is 1. The Labute approximate surface area is 133 Å². The van der Waals surface area contributed by atoms with Crippen molar-refractivity contribution in [3.63, 3.8) is 0 Å². The van der Waals surface area contributed by atoms with E-state index in [1.165, 1.54) is 11.8 Å². The highest BCUT2D eigenvalue weighted by atomic mass is 35.5. The van der Waals surface area contributed by atoms with E-state index in [0.717, 1.165) is 11.3 Å². The van der Waals surface area contributed by atoms with Gasteiger partial charge in [0.1, 0.15) is 0 Å². The van der Waals surface area contributed by atoms with E-state index >= 15 is 0 Å². The van der Waals surface area contributed by atoms with Crippen LogP contribution >= 0.6 is 23.4 Å². The van der Waals surface area contributed by atoms with Gasteiger partial charge in [0.25, 0.3) is 0 Å². The summed E-state index contributed by atoms with van der Waals surface area (Å²) in [6.45, 7) is 2.74. The zero-order chi connectivity index (χ0) is 15.4. The molecule has 4 nitrogen and oxygen atoms in total. The molecule has 0 aromatic heterocycles. The highest BCUT2D eigenvalue weighted by molar-refractivity contribution is 7.99. The number of hydrogen-bond donors (Lipinski definition) is 1. The normalized spacial score (nSPS) is 21.5. The van der Waals surface area contributed by atoms with E-state index in [0.29, 0.717) is 23.9 Å². The Bertz CT molecular complexity index is 537. The van der Waals surface area contributed by atoms with Gasteiger partial charge in [-0.05, 0) is 23.6 Å². The molecule has 0 radical (unpaired) electrons. The van der Waals surface area contributed by atoms with Crippen molar-refractivity contribution < 1.29 is 14.7 Å². The summed E-state index contributed by atoms with van der Waals surface area (Å²) in [5, 5.41) is 9.77. The van der Waals surface area contributed by atoms with E-state index in [2.05, 4.69) is 0 Å². The van der Waals surface area contributed by atoms with E-state index in [4.69, 9.17) is 16.7 Å². The summed E-state index contributed by atoms with van der Waals surface area (Å²) in [7, 11) is 0. The molecule has 0 bridgehead atoms. The van der Waals surface area contributed by atoms with Gasteiger partial charge in [-0.2, -0.15) is 0 Å².